The summed E-state index contributed by atoms with van der Waals surface area (Å²) in [6, 6.07) is 0. The fourth-order valence-corrected chi connectivity index (χ4v) is 3.89. The van der Waals surface area contributed by atoms with Crippen molar-refractivity contribution in [3.05, 3.63) is 0 Å². The highest BCUT2D eigenvalue weighted by Gasteiger charge is 2.26. The van der Waals surface area contributed by atoms with Gasteiger partial charge in [0.15, 0.2) is 0 Å². The van der Waals surface area contributed by atoms with Crippen molar-refractivity contribution in [2.45, 2.75) is 111 Å². The monoisotopic (exact) mass is 356 g/mol. The van der Waals surface area contributed by atoms with Crippen molar-refractivity contribution in [3.63, 3.8) is 0 Å². The summed E-state index contributed by atoms with van der Waals surface area (Å²) in [5.41, 5.74) is 5.51. The molecule has 1 aliphatic heterocycles. The molecule has 0 aromatic rings. The van der Waals surface area contributed by atoms with Gasteiger partial charge in [0.2, 0.25) is 0 Å². The molecule has 1 saturated heterocycles. The van der Waals surface area contributed by atoms with Crippen LogP contribution in [-0.4, -0.2) is 31.3 Å². The lowest BCUT2D eigenvalue weighted by atomic mass is 9.76. The van der Waals surface area contributed by atoms with Crippen molar-refractivity contribution in [2.75, 3.05) is 19.6 Å². The third kappa shape index (κ3) is 12.8. The predicted molar refractivity (Wildman–Crippen MR) is 112 cm³/mol. The molecule has 0 bridgehead atoms. The fourth-order valence-electron chi connectivity index (χ4n) is 3.89. The molecule has 1 aliphatic carbocycles. The van der Waals surface area contributed by atoms with E-state index in [9.17, 15) is 0 Å². The number of nitrogens with two attached hydrogens (primary N) is 1. The Morgan fingerprint density at radius 1 is 1.04 bits per heavy atom. The largest absolute Gasteiger partial charge is 0.373 e. The van der Waals surface area contributed by atoms with Crippen LogP contribution in [0.4, 0.5) is 0 Å². The summed E-state index contributed by atoms with van der Waals surface area (Å²) < 4.78 is 5.90. The van der Waals surface area contributed by atoms with E-state index in [1.807, 2.05) is 13.8 Å². The average Bonchev–Trinajstić information content (AvgIpc) is 2.61. The zero-order valence-electron chi connectivity index (χ0n) is 18.2. The van der Waals surface area contributed by atoms with Crippen LogP contribution in [0, 0.1) is 11.8 Å². The van der Waals surface area contributed by atoms with E-state index in [1.54, 1.807) is 0 Å². The summed E-state index contributed by atoms with van der Waals surface area (Å²) in [7, 11) is 0. The van der Waals surface area contributed by atoms with Gasteiger partial charge in [-0.3, -0.25) is 0 Å². The fraction of sp³-hybridized carbons (Fsp3) is 1.00. The molecule has 0 radical (unpaired) electrons. The molecule has 3 nitrogen and oxygen atoms in total. The molecule has 2 aliphatic rings. The Balaban J connectivity index is 0.000000426. The molecule has 25 heavy (non-hydrogen) atoms. The third-order valence-corrected chi connectivity index (χ3v) is 5.05. The Morgan fingerprint density at radius 3 is 2.20 bits per heavy atom. The van der Waals surface area contributed by atoms with Gasteiger partial charge in [-0.1, -0.05) is 52.9 Å². The molecule has 0 spiro atoms. The second kappa shape index (κ2) is 15.0. The maximum Gasteiger partial charge on any atom is 0.0602 e. The molecule has 0 amide bonds. The topological polar surface area (TPSA) is 47.3 Å². The summed E-state index contributed by atoms with van der Waals surface area (Å²) in [5.74, 6) is 2.14. The molecule has 2 rings (SSSR count). The van der Waals surface area contributed by atoms with Crippen molar-refractivity contribution >= 4 is 0 Å². The molecule has 3 N–H and O–H groups in total. The van der Waals surface area contributed by atoms with E-state index in [4.69, 9.17) is 10.5 Å². The minimum atomic E-state index is -0.0341. The smallest absolute Gasteiger partial charge is 0.0602 e. The standard InChI is InChI=1S/C11H25NO.C9H17N.C2H6/c1-5-6-7-10(8-9-12)13-11(2,3)4;1-2-4-9-7-10-6-5-8(9)3-1;1-2/h10H,5-9,12H2,1-4H3;8-10H,1-7H2;1-2H3/t;8-,9-;/m.1./s1. The number of nitrogens with one attached hydrogen (secondary N) is 1. The maximum atomic E-state index is 5.90. The van der Waals surface area contributed by atoms with Gasteiger partial charge in [0.1, 0.15) is 0 Å². The van der Waals surface area contributed by atoms with Gasteiger partial charge in [0, 0.05) is 0 Å². The first-order chi connectivity index (χ1) is 12.0. The van der Waals surface area contributed by atoms with Crippen LogP contribution in [-0.2, 0) is 4.74 Å². The minimum Gasteiger partial charge on any atom is -0.373 e. The van der Waals surface area contributed by atoms with Gasteiger partial charge in [-0.15, -0.1) is 0 Å². The quantitative estimate of drug-likeness (QED) is 0.658. The zero-order valence-corrected chi connectivity index (χ0v) is 18.2. The molecule has 152 valence electrons. The Morgan fingerprint density at radius 2 is 1.68 bits per heavy atom. The van der Waals surface area contributed by atoms with Crippen LogP contribution < -0.4 is 11.1 Å². The Bertz CT molecular complexity index is 262. The van der Waals surface area contributed by atoms with Crippen molar-refractivity contribution in [1.82, 2.24) is 5.32 Å². The van der Waals surface area contributed by atoms with Gasteiger partial charge >= 0.3 is 0 Å². The number of hydrogen-bond donors (Lipinski definition) is 2. The normalized spacial score (nSPS) is 24.1. The Kier molecular flexibility index (Phi) is 14.9. The molecular weight excluding hydrogens is 308 g/mol. The molecule has 3 atom stereocenters. The minimum absolute atomic E-state index is 0.0341. The van der Waals surface area contributed by atoms with Crippen molar-refractivity contribution in [2.24, 2.45) is 17.6 Å². The van der Waals surface area contributed by atoms with Crippen molar-refractivity contribution < 1.29 is 4.74 Å². The molecule has 1 saturated carbocycles. The lowest BCUT2D eigenvalue weighted by Gasteiger charge is -2.35. The van der Waals surface area contributed by atoms with Gasteiger partial charge in [0.05, 0.1) is 11.7 Å². The average molecular weight is 357 g/mol. The van der Waals surface area contributed by atoms with Crippen LogP contribution in [0.5, 0.6) is 0 Å². The SMILES string of the molecule is C1CC[C@@H]2CNCC[C@H]2C1.CC.CCCCC(CCN)OC(C)(C)C. The van der Waals surface area contributed by atoms with Gasteiger partial charge in [0.25, 0.3) is 0 Å². The van der Waals surface area contributed by atoms with E-state index in [0.29, 0.717) is 6.10 Å². The second-order valence-electron chi connectivity index (χ2n) is 8.37. The summed E-state index contributed by atoms with van der Waals surface area (Å²) in [4.78, 5) is 0. The summed E-state index contributed by atoms with van der Waals surface area (Å²) in [6.07, 6.45) is 12.4. The number of ether oxygens (including phenoxy) is 1. The van der Waals surface area contributed by atoms with Gasteiger partial charge < -0.3 is 15.8 Å². The van der Waals surface area contributed by atoms with Crippen LogP contribution in [0.3, 0.4) is 0 Å². The number of fused-ring (bicyclic) bond motifs is 1. The molecule has 1 unspecified atom stereocenters. The highest BCUT2D eigenvalue weighted by molar-refractivity contribution is 4.81. The first-order valence-electron chi connectivity index (χ1n) is 11.0. The van der Waals surface area contributed by atoms with E-state index >= 15 is 0 Å². The highest BCUT2D eigenvalue weighted by Crippen LogP contribution is 2.33. The third-order valence-electron chi connectivity index (χ3n) is 5.05. The van der Waals surface area contributed by atoms with Gasteiger partial charge in [-0.25, -0.2) is 0 Å². The van der Waals surface area contributed by atoms with Gasteiger partial charge in [-0.2, -0.15) is 0 Å². The van der Waals surface area contributed by atoms with E-state index in [0.717, 1.165) is 31.2 Å². The Hall–Kier alpha value is -0.120. The molecule has 1 heterocycles. The van der Waals surface area contributed by atoms with Crippen molar-refractivity contribution in [3.8, 4) is 0 Å². The lowest BCUT2D eigenvalue weighted by molar-refractivity contribution is -0.0656. The van der Waals surface area contributed by atoms with Crippen molar-refractivity contribution in [1.29, 1.82) is 0 Å². The van der Waals surface area contributed by atoms with Crippen LogP contribution in [0.25, 0.3) is 0 Å². The van der Waals surface area contributed by atoms with E-state index in [2.05, 4.69) is 33.0 Å². The number of rotatable bonds is 6. The Labute approximate surface area is 158 Å². The van der Waals surface area contributed by atoms with Crippen LogP contribution in [0.2, 0.25) is 0 Å². The van der Waals surface area contributed by atoms with E-state index in [1.165, 1.54) is 58.0 Å². The maximum absolute atomic E-state index is 5.90. The second-order valence-corrected chi connectivity index (χ2v) is 8.37. The highest BCUT2D eigenvalue weighted by atomic mass is 16.5. The zero-order chi connectivity index (χ0) is 19.1. The van der Waals surface area contributed by atoms with E-state index < -0.39 is 0 Å². The summed E-state index contributed by atoms with van der Waals surface area (Å²) in [5, 5.41) is 3.48. The molecule has 0 aromatic heterocycles. The van der Waals surface area contributed by atoms with Crippen LogP contribution >= 0.6 is 0 Å². The molecule has 2 fully saturated rings. The summed E-state index contributed by atoms with van der Waals surface area (Å²) >= 11 is 0. The predicted octanol–water partition coefficient (Wildman–Crippen LogP) is 5.52. The molecule has 3 heteroatoms. The summed E-state index contributed by atoms with van der Waals surface area (Å²) in [6.45, 7) is 15.8. The molecular formula is C22H48N2O. The van der Waals surface area contributed by atoms with Crippen LogP contribution in [0.1, 0.15) is 99.3 Å². The number of hydrogen-bond acceptors (Lipinski definition) is 3. The van der Waals surface area contributed by atoms with Gasteiger partial charge in [-0.05, 0) is 77.9 Å². The van der Waals surface area contributed by atoms with Crippen LogP contribution in [0.15, 0.2) is 0 Å². The molecule has 0 aromatic carbocycles. The lowest BCUT2D eigenvalue weighted by Crippen LogP contribution is -2.38. The van der Waals surface area contributed by atoms with E-state index in [-0.39, 0.29) is 5.60 Å². The first kappa shape index (κ1) is 24.9. The number of unbranched alkanes of at least 4 members (excludes halogenated alkanes) is 1. The first-order valence-corrected chi connectivity index (χ1v) is 11.0. The number of piperidine rings is 1.